The fourth-order valence-electron chi connectivity index (χ4n) is 2.08. The van der Waals surface area contributed by atoms with E-state index in [0.717, 1.165) is 0 Å². The molecule has 0 radical (unpaired) electrons. The van der Waals surface area contributed by atoms with E-state index in [0.29, 0.717) is 27.7 Å². The number of ether oxygens (including phenoxy) is 1. The number of carbonyl (C=O) groups is 2. The lowest BCUT2D eigenvalue weighted by Gasteiger charge is -2.18. The Morgan fingerprint density at radius 1 is 1.31 bits per heavy atom. The van der Waals surface area contributed by atoms with Crippen molar-refractivity contribution in [2.24, 2.45) is 5.41 Å². The summed E-state index contributed by atoms with van der Waals surface area (Å²) in [6.07, 6.45) is 0.326. The number of amides is 1. The van der Waals surface area contributed by atoms with Crippen LogP contribution < -0.4 is 10.1 Å². The Hall–Kier alpha value is -2.48. The molecule has 0 fully saturated rings. The van der Waals surface area contributed by atoms with Gasteiger partial charge in [-0.25, -0.2) is 9.37 Å². The number of aliphatic carboxylic acids is 1. The first-order valence-corrected chi connectivity index (χ1v) is 8.87. The number of hydrogen-bond donors (Lipinski definition) is 2. The van der Waals surface area contributed by atoms with Crippen LogP contribution in [0, 0.1) is 18.2 Å². The number of halogens is 1. The molecule has 2 N–H and O–H groups in total. The van der Waals surface area contributed by atoms with Gasteiger partial charge in [0.25, 0.3) is 5.91 Å². The van der Waals surface area contributed by atoms with Crippen LogP contribution in [0.5, 0.6) is 5.75 Å². The van der Waals surface area contributed by atoms with E-state index >= 15 is 0 Å². The van der Waals surface area contributed by atoms with Crippen LogP contribution >= 0.6 is 11.3 Å². The van der Waals surface area contributed by atoms with Crippen molar-refractivity contribution in [3.8, 4) is 5.75 Å². The molecule has 1 amide bonds. The van der Waals surface area contributed by atoms with Crippen LogP contribution in [0.2, 0.25) is 0 Å². The van der Waals surface area contributed by atoms with E-state index in [2.05, 4.69) is 10.3 Å². The molecule has 0 saturated heterocycles. The number of carboxylic acids is 1. The van der Waals surface area contributed by atoms with Gasteiger partial charge in [0.05, 0.1) is 11.1 Å². The number of nitrogens with one attached hydrogen (secondary N) is 1. The van der Waals surface area contributed by atoms with Crippen LogP contribution in [0.3, 0.4) is 0 Å². The van der Waals surface area contributed by atoms with Crippen molar-refractivity contribution in [1.29, 1.82) is 0 Å². The maximum atomic E-state index is 12.9. The second-order valence-corrected chi connectivity index (χ2v) is 7.54. The van der Waals surface area contributed by atoms with E-state index in [-0.39, 0.29) is 24.9 Å². The molecule has 0 bridgehead atoms. The third-order valence-electron chi connectivity index (χ3n) is 3.84. The van der Waals surface area contributed by atoms with E-state index in [4.69, 9.17) is 9.84 Å². The zero-order valence-corrected chi connectivity index (χ0v) is 15.7. The summed E-state index contributed by atoms with van der Waals surface area (Å²) in [7, 11) is 0. The number of hydrogen-bond acceptors (Lipinski definition) is 5. The molecule has 0 unspecified atom stereocenters. The predicted molar refractivity (Wildman–Crippen MR) is 96.0 cm³/mol. The number of aromatic nitrogens is 1. The number of carboxylic acid groups (broad SMARTS) is 1. The molecule has 1 aromatic carbocycles. The first-order valence-electron chi connectivity index (χ1n) is 8.05. The third kappa shape index (κ3) is 5.26. The molecule has 8 heteroatoms. The summed E-state index contributed by atoms with van der Waals surface area (Å²) in [5.74, 6) is -1.01. The molecule has 0 aliphatic heterocycles. The number of rotatable bonds is 8. The van der Waals surface area contributed by atoms with Crippen molar-refractivity contribution in [3.63, 3.8) is 0 Å². The Kier molecular flexibility index (Phi) is 6.31. The van der Waals surface area contributed by atoms with E-state index in [1.807, 2.05) is 0 Å². The van der Waals surface area contributed by atoms with Crippen molar-refractivity contribution in [2.45, 2.75) is 33.8 Å². The second kappa shape index (κ2) is 8.27. The number of carbonyl (C=O) groups excluding carboxylic acids is 1. The lowest BCUT2D eigenvalue weighted by molar-refractivity contribution is -0.147. The van der Waals surface area contributed by atoms with Gasteiger partial charge in [-0.05, 0) is 51.5 Å². The Bertz CT molecular complexity index is 787. The summed E-state index contributed by atoms with van der Waals surface area (Å²) >= 11 is 1.22. The van der Waals surface area contributed by atoms with Crippen LogP contribution in [-0.4, -0.2) is 28.5 Å². The van der Waals surface area contributed by atoms with Gasteiger partial charge in [-0.3, -0.25) is 9.59 Å². The van der Waals surface area contributed by atoms with Crippen molar-refractivity contribution >= 4 is 23.2 Å². The maximum absolute atomic E-state index is 12.9. The molecule has 140 valence electrons. The smallest absolute Gasteiger partial charge is 0.309 e. The summed E-state index contributed by atoms with van der Waals surface area (Å²) in [5, 5.41) is 12.4. The summed E-state index contributed by atoms with van der Waals surface area (Å²) in [6, 6.07) is 5.65. The summed E-state index contributed by atoms with van der Waals surface area (Å²) in [5.41, 5.74) is -0.313. The van der Waals surface area contributed by atoms with Gasteiger partial charge in [-0.2, -0.15) is 0 Å². The summed E-state index contributed by atoms with van der Waals surface area (Å²) in [6.45, 7) is 5.40. The highest BCUT2D eigenvalue weighted by Crippen LogP contribution is 2.22. The van der Waals surface area contributed by atoms with Gasteiger partial charge in [0.1, 0.15) is 28.1 Å². The molecule has 2 rings (SSSR count). The zero-order valence-electron chi connectivity index (χ0n) is 14.8. The minimum Gasteiger partial charge on any atom is -0.486 e. The average Bonchev–Trinajstić information content (AvgIpc) is 2.95. The standard InChI is InChI=1S/C18H21FN2O4S/c1-11-15(16(22)20-9-8-18(2,3)17(23)24)26-14(21-11)10-25-13-6-4-12(19)5-7-13/h4-7H,8-10H2,1-3H3,(H,20,22)(H,23,24). The highest BCUT2D eigenvalue weighted by molar-refractivity contribution is 7.13. The first kappa shape index (κ1) is 19.8. The van der Waals surface area contributed by atoms with Gasteiger partial charge in [0, 0.05) is 6.54 Å². The number of benzene rings is 1. The number of aryl methyl sites for hydroxylation is 1. The molecule has 0 aliphatic carbocycles. The molecule has 1 aromatic heterocycles. The molecule has 0 aliphatic rings. The van der Waals surface area contributed by atoms with Gasteiger partial charge in [-0.15, -0.1) is 11.3 Å². The monoisotopic (exact) mass is 380 g/mol. The van der Waals surface area contributed by atoms with Crippen LogP contribution in [0.4, 0.5) is 4.39 Å². The Morgan fingerprint density at radius 3 is 2.58 bits per heavy atom. The molecule has 0 atom stereocenters. The molecular formula is C18H21FN2O4S. The van der Waals surface area contributed by atoms with Gasteiger partial charge < -0.3 is 15.2 Å². The fraction of sp³-hybridized carbons (Fsp3) is 0.389. The Labute approximate surface area is 155 Å². The lowest BCUT2D eigenvalue weighted by Crippen LogP contribution is -2.31. The van der Waals surface area contributed by atoms with Crippen LogP contribution in [-0.2, 0) is 11.4 Å². The molecule has 1 heterocycles. The molecule has 2 aromatic rings. The van der Waals surface area contributed by atoms with Gasteiger partial charge >= 0.3 is 5.97 Å². The van der Waals surface area contributed by atoms with E-state index in [1.165, 1.54) is 35.6 Å². The van der Waals surface area contributed by atoms with E-state index in [9.17, 15) is 14.0 Å². The zero-order chi connectivity index (χ0) is 19.3. The van der Waals surface area contributed by atoms with Crippen LogP contribution in [0.1, 0.15) is 40.6 Å². The van der Waals surface area contributed by atoms with Crippen molar-refractivity contribution in [1.82, 2.24) is 10.3 Å². The van der Waals surface area contributed by atoms with Gasteiger partial charge in [0.2, 0.25) is 0 Å². The minimum absolute atomic E-state index is 0.177. The topological polar surface area (TPSA) is 88.5 Å². The molecule has 6 nitrogen and oxygen atoms in total. The van der Waals surface area contributed by atoms with E-state index < -0.39 is 11.4 Å². The molecule has 26 heavy (non-hydrogen) atoms. The number of thiazole rings is 1. The lowest BCUT2D eigenvalue weighted by atomic mass is 9.90. The van der Waals surface area contributed by atoms with Crippen molar-refractivity contribution < 1.29 is 23.8 Å². The largest absolute Gasteiger partial charge is 0.486 e. The highest BCUT2D eigenvalue weighted by atomic mass is 32.1. The fourth-order valence-corrected chi connectivity index (χ4v) is 2.97. The minimum atomic E-state index is -0.902. The molecule has 0 spiro atoms. The third-order valence-corrected chi connectivity index (χ3v) is 4.97. The van der Waals surface area contributed by atoms with Crippen LogP contribution in [0.15, 0.2) is 24.3 Å². The maximum Gasteiger partial charge on any atom is 0.309 e. The average molecular weight is 380 g/mol. The van der Waals surface area contributed by atoms with Crippen molar-refractivity contribution in [3.05, 3.63) is 45.7 Å². The quantitative estimate of drug-likeness (QED) is 0.733. The van der Waals surface area contributed by atoms with Crippen molar-refractivity contribution in [2.75, 3.05) is 6.54 Å². The number of nitrogens with zero attached hydrogens (tertiary/aromatic N) is 1. The summed E-state index contributed by atoms with van der Waals surface area (Å²) < 4.78 is 18.4. The Morgan fingerprint density at radius 2 is 1.96 bits per heavy atom. The van der Waals surface area contributed by atoms with E-state index in [1.54, 1.807) is 20.8 Å². The predicted octanol–water partition coefficient (Wildman–Crippen LogP) is 3.40. The first-order chi connectivity index (χ1) is 12.2. The Balaban J connectivity index is 1.91. The second-order valence-electron chi connectivity index (χ2n) is 6.46. The summed E-state index contributed by atoms with van der Waals surface area (Å²) in [4.78, 5) is 28.1. The highest BCUT2D eigenvalue weighted by Gasteiger charge is 2.27. The normalized spacial score (nSPS) is 11.2. The molecule has 0 saturated carbocycles. The van der Waals surface area contributed by atoms with Gasteiger partial charge in [0.15, 0.2) is 0 Å². The SMILES string of the molecule is Cc1nc(COc2ccc(F)cc2)sc1C(=O)NCCC(C)(C)C(=O)O. The van der Waals surface area contributed by atoms with Crippen LogP contribution in [0.25, 0.3) is 0 Å². The molecular weight excluding hydrogens is 359 g/mol. The van der Waals surface area contributed by atoms with Gasteiger partial charge in [-0.1, -0.05) is 0 Å².